The van der Waals surface area contributed by atoms with Gasteiger partial charge >= 0.3 is 6.18 Å². The first kappa shape index (κ1) is 20.0. The van der Waals surface area contributed by atoms with Gasteiger partial charge in [0.15, 0.2) is 5.69 Å². The average Bonchev–Trinajstić information content (AvgIpc) is 3.34. The van der Waals surface area contributed by atoms with Crippen molar-refractivity contribution in [3.63, 3.8) is 0 Å². The van der Waals surface area contributed by atoms with Crippen LogP contribution in [0.15, 0.2) is 34.4 Å². The second-order valence-electron chi connectivity index (χ2n) is 8.00. The summed E-state index contributed by atoms with van der Waals surface area (Å²) in [5, 5.41) is 5.37. The molecule has 1 fully saturated rings. The van der Waals surface area contributed by atoms with E-state index < -0.39 is 11.9 Å². The van der Waals surface area contributed by atoms with Crippen LogP contribution >= 0.6 is 11.3 Å². The van der Waals surface area contributed by atoms with Crippen molar-refractivity contribution in [3.8, 4) is 5.13 Å². The Morgan fingerprint density at radius 1 is 1.23 bits per heavy atom. The fraction of sp³-hybridized carbons (Fsp3) is 0.400. The predicted molar refractivity (Wildman–Crippen MR) is 106 cm³/mol. The number of hydrogen-bond donors (Lipinski definition) is 0. The Morgan fingerprint density at radius 3 is 2.81 bits per heavy atom. The van der Waals surface area contributed by atoms with Crippen molar-refractivity contribution in [3.05, 3.63) is 62.8 Å². The van der Waals surface area contributed by atoms with Crippen molar-refractivity contribution in [2.75, 3.05) is 13.1 Å². The quantitative estimate of drug-likeness (QED) is 0.603. The van der Waals surface area contributed by atoms with E-state index in [1.807, 2.05) is 6.07 Å². The Hall–Kier alpha value is -2.95. The lowest BCUT2D eigenvalue weighted by molar-refractivity contribution is -0.142. The third-order valence-corrected chi connectivity index (χ3v) is 6.60. The third kappa shape index (κ3) is 3.46. The Kier molecular flexibility index (Phi) is 4.54. The number of carbonyl (C=O) groups is 1. The number of nitrogens with zero attached hydrogens (tertiary/aromatic N) is 5. The highest BCUT2D eigenvalue weighted by atomic mass is 32.1. The van der Waals surface area contributed by atoms with Gasteiger partial charge in [0, 0.05) is 42.7 Å². The molecule has 3 aromatic rings. The Balaban J connectivity index is 1.41. The molecular weight excluding hydrogens is 431 g/mol. The molecule has 1 amide bonds. The molecule has 11 heteroatoms. The lowest BCUT2D eigenvalue weighted by atomic mass is 9.83. The minimum absolute atomic E-state index is 0.00197. The van der Waals surface area contributed by atoms with Crippen LogP contribution in [0, 0.1) is 12.8 Å². The molecule has 2 aliphatic heterocycles. The van der Waals surface area contributed by atoms with Gasteiger partial charge in [0.05, 0.1) is 5.69 Å². The fourth-order valence-electron chi connectivity index (χ4n) is 4.53. The zero-order chi connectivity index (χ0) is 21.9. The van der Waals surface area contributed by atoms with Crippen molar-refractivity contribution >= 4 is 17.2 Å². The fourth-order valence-corrected chi connectivity index (χ4v) is 5.29. The maximum atomic E-state index is 13.3. The molecule has 5 heterocycles. The van der Waals surface area contributed by atoms with Gasteiger partial charge in [0.2, 0.25) is 5.13 Å². The van der Waals surface area contributed by atoms with E-state index in [0.29, 0.717) is 19.6 Å². The van der Waals surface area contributed by atoms with Gasteiger partial charge in [-0.25, -0.2) is 9.67 Å². The second kappa shape index (κ2) is 7.04. The first-order valence-electron chi connectivity index (χ1n) is 9.79. The minimum atomic E-state index is -4.58. The molecule has 0 saturated carbocycles. The molecule has 0 radical (unpaired) electrons. The lowest BCUT2D eigenvalue weighted by Crippen LogP contribution is -2.49. The highest BCUT2D eigenvalue weighted by Crippen LogP contribution is 2.36. The van der Waals surface area contributed by atoms with Crippen LogP contribution in [-0.4, -0.2) is 43.2 Å². The van der Waals surface area contributed by atoms with E-state index in [4.69, 9.17) is 0 Å². The number of amides is 1. The molecule has 0 spiro atoms. The number of aryl methyl sites for hydroxylation is 1. The molecule has 0 unspecified atom stereocenters. The summed E-state index contributed by atoms with van der Waals surface area (Å²) in [4.78, 5) is 31.1. The number of piperidine rings is 1. The Labute approximate surface area is 178 Å². The normalized spacial score (nSPS) is 20.6. The number of rotatable bonds is 2. The molecule has 2 bridgehead atoms. The molecule has 2 aliphatic rings. The van der Waals surface area contributed by atoms with Crippen molar-refractivity contribution in [2.24, 2.45) is 5.92 Å². The molecule has 5 rings (SSSR count). The zero-order valence-electron chi connectivity index (χ0n) is 16.5. The van der Waals surface area contributed by atoms with Crippen LogP contribution in [0.25, 0.3) is 5.13 Å². The molecule has 0 aliphatic carbocycles. The van der Waals surface area contributed by atoms with Gasteiger partial charge in [0.1, 0.15) is 5.69 Å². The van der Waals surface area contributed by atoms with Crippen molar-refractivity contribution in [1.29, 1.82) is 0 Å². The third-order valence-electron chi connectivity index (χ3n) is 5.78. The Morgan fingerprint density at radius 2 is 2.03 bits per heavy atom. The van der Waals surface area contributed by atoms with Gasteiger partial charge in [-0.3, -0.25) is 9.59 Å². The maximum Gasteiger partial charge on any atom is 0.433 e. The molecule has 0 N–H and O–H groups in total. The largest absolute Gasteiger partial charge is 0.433 e. The first-order valence-corrected chi connectivity index (χ1v) is 10.7. The SMILES string of the molecule is Cc1cc(C(F)(F)F)n(-c2nc(C(=O)N3C[C@H]4C[C@@H](C3)c3cccc(=O)n3C4)cs2)n1. The van der Waals surface area contributed by atoms with Gasteiger partial charge in [-0.15, -0.1) is 11.3 Å². The number of likely N-dealkylation sites (tertiary alicyclic amines) is 1. The number of aromatic nitrogens is 4. The molecule has 0 aromatic carbocycles. The standard InChI is InChI=1S/C20H18F3N5O2S/c1-11-5-16(20(21,22)23)28(25-11)19-24-14(10-31-19)18(30)26-7-12-6-13(9-26)15-3-2-4-17(29)27(15)8-12/h2-5,10,12-13H,6-9H2,1H3/t12-,13+/m1/s1. The summed E-state index contributed by atoms with van der Waals surface area (Å²) in [5.74, 6) is -0.116. The second-order valence-corrected chi connectivity index (χ2v) is 8.84. The summed E-state index contributed by atoms with van der Waals surface area (Å²) in [6.45, 7) is 2.96. The van der Waals surface area contributed by atoms with E-state index in [1.165, 1.54) is 18.4 Å². The van der Waals surface area contributed by atoms with Gasteiger partial charge in [-0.2, -0.15) is 18.3 Å². The highest BCUT2D eigenvalue weighted by Gasteiger charge is 2.38. The molecular formula is C20H18F3N5O2S. The summed E-state index contributed by atoms with van der Waals surface area (Å²) in [7, 11) is 0. The van der Waals surface area contributed by atoms with Crippen LogP contribution in [0.2, 0.25) is 0 Å². The molecule has 2 atom stereocenters. The number of hydrogen-bond acceptors (Lipinski definition) is 5. The number of thiazole rings is 1. The topological polar surface area (TPSA) is 73.0 Å². The summed E-state index contributed by atoms with van der Waals surface area (Å²) < 4.78 is 42.4. The maximum absolute atomic E-state index is 13.3. The molecule has 1 saturated heterocycles. The van der Waals surface area contributed by atoms with Crippen LogP contribution in [0.3, 0.4) is 0 Å². The van der Waals surface area contributed by atoms with E-state index in [1.54, 1.807) is 15.5 Å². The predicted octanol–water partition coefficient (Wildman–Crippen LogP) is 3.08. The van der Waals surface area contributed by atoms with Crippen LogP contribution in [0.4, 0.5) is 13.2 Å². The van der Waals surface area contributed by atoms with E-state index in [2.05, 4.69) is 10.1 Å². The number of halogens is 3. The molecule has 7 nitrogen and oxygen atoms in total. The van der Waals surface area contributed by atoms with Crippen LogP contribution < -0.4 is 5.56 Å². The van der Waals surface area contributed by atoms with Crippen molar-refractivity contribution in [1.82, 2.24) is 24.2 Å². The van der Waals surface area contributed by atoms with E-state index in [9.17, 15) is 22.8 Å². The number of carbonyl (C=O) groups excluding carboxylic acids is 1. The van der Waals surface area contributed by atoms with Crippen molar-refractivity contribution in [2.45, 2.75) is 32.0 Å². The molecule has 3 aromatic heterocycles. The lowest BCUT2D eigenvalue weighted by Gasteiger charge is -2.42. The van der Waals surface area contributed by atoms with Gasteiger partial charge in [-0.05, 0) is 31.4 Å². The van der Waals surface area contributed by atoms with E-state index in [0.717, 1.165) is 34.2 Å². The first-order chi connectivity index (χ1) is 14.7. The summed E-state index contributed by atoms with van der Waals surface area (Å²) in [6, 6.07) is 6.13. The summed E-state index contributed by atoms with van der Waals surface area (Å²) in [5.41, 5.74) is 0.279. The number of pyridine rings is 1. The zero-order valence-corrected chi connectivity index (χ0v) is 17.3. The van der Waals surface area contributed by atoms with Gasteiger partial charge < -0.3 is 9.47 Å². The van der Waals surface area contributed by atoms with E-state index in [-0.39, 0.29) is 39.8 Å². The van der Waals surface area contributed by atoms with Crippen LogP contribution in [0.5, 0.6) is 0 Å². The molecule has 31 heavy (non-hydrogen) atoms. The monoisotopic (exact) mass is 449 g/mol. The van der Waals surface area contributed by atoms with Gasteiger partial charge in [0.25, 0.3) is 11.5 Å². The number of alkyl halides is 3. The Bertz CT molecular complexity index is 1230. The highest BCUT2D eigenvalue weighted by molar-refractivity contribution is 7.12. The smallest absolute Gasteiger partial charge is 0.336 e. The minimum Gasteiger partial charge on any atom is -0.336 e. The summed E-state index contributed by atoms with van der Waals surface area (Å²) >= 11 is 0.947. The average molecular weight is 449 g/mol. The molecule has 162 valence electrons. The summed E-state index contributed by atoms with van der Waals surface area (Å²) in [6.07, 6.45) is -3.68. The van der Waals surface area contributed by atoms with Gasteiger partial charge in [-0.1, -0.05) is 6.07 Å². The van der Waals surface area contributed by atoms with Crippen LogP contribution in [0.1, 0.15) is 39.9 Å². The van der Waals surface area contributed by atoms with E-state index >= 15 is 0 Å². The van der Waals surface area contributed by atoms with Crippen LogP contribution in [-0.2, 0) is 12.7 Å². The number of fused-ring (bicyclic) bond motifs is 4. The van der Waals surface area contributed by atoms with Crippen molar-refractivity contribution < 1.29 is 18.0 Å².